The molecule has 1 aliphatic carbocycles. The van der Waals surface area contributed by atoms with Gasteiger partial charge in [-0.3, -0.25) is 14.1 Å². The summed E-state index contributed by atoms with van der Waals surface area (Å²) in [7, 11) is 2.16. The molecule has 1 aliphatic rings. The van der Waals surface area contributed by atoms with E-state index in [0.29, 0.717) is 0 Å². The molecule has 0 heterocycles. The Labute approximate surface area is 121 Å². The average molecular weight is 224 g/mol. The summed E-state index contributed by atoms with van der Waals surface area (Å²) in [4.78, 5) is 0. The van der Waals surface area contributed by atoms with Gasteiger partial charge in [-0.15, -0.1) is 0 Å². The van der Waals surface area contributed by atoms with E-state index in [-0.39, 0.29) is 70.9 Å². The second-order valence-electron chi connectivity index (χ2n) is 3.08. The normalized spacial score (nSPS) is 17.7. The van der Waals surface area contributed by atoms with E-state index in [2.05, 4.69) is 14.1 Å². The molecule has 1 nitrogen and oxygen atoms in total. The molecule has 0 amide bonds. The van der Waals surface area contributed by atoms with E-state index in [0.717, 1.165) is 0 Å². The molecule has 1 radical (unpaired) electrons. The van der Waals surface area contributed by atoms with Gasteiger partial charge in [0.15, 0.2) is 0 Å². The number of hydrogen-bond donors (Lipinski definition) is 1. The van der Waals surface area contributed by atoms with Crippen LogP contribution in [-0.2, 0) is 0 Å². The van der Waals surface area contributed by atoms with Crippen LogP contribution in [0.5, 0.6) is 0 Å². The van der Waals surface area contributed by atoms with Crippen molar-refractivity contribution in [3.05, 3.63) is 0 Å². The molecular formula is C7H19BF3KN. The third-order valence-electron chi connectivity index (χ3n) is 2.36. The van der Waals surface area contributed by atoms with Gasteiger partial charge >= 0.3 is 51.4 Å². The molecule has 13 heavy (non-hydrogen) atoms. The molecule has 0 bridgehead atoms. The molecule has 77 valence electrons. The van der Waals surface area contributed by atoms with Gasteiger partial charge in [0.25, 0.3) is 0 Å². The molecule has 6 heteroatoms. The molecule has 1 rings (SSSR count). The van der Waals surface area contributed by atoms with Crippen LogP contribution in [0.3, 0.4) is 0 Å². The van der Waals surface area contributed by atoms with Crippen LogP contribution in [0.1, 0.15) is 32.1 Å². The molecule has 1 fully saturated rings. The summed E-state index contributed by atoms with van der Waals surface area (Å²) in [6, 6.07) is 0. The second-order valence-corrected chi connectivity index (χ2v) is 3.08. The van der Waals surface area contributed by atoms with Gasteiger partial charge in [0, 0.05) is 0 Å². The zero-order valence-corrected chi connectivity index (χ0v) is 7.41. The van der Waals surface area contributed by atoms with E-state index < -0.39 is 0 Å². The summed E-state index contributed by atoms with van der Waals surface area (Å²) < 4.78 is 0. The molecule has 0 atom stereocenters. The number of rotatable bonds is 1. The van der Waals surface area contributed by atoms with E-state index in [1.54, 1.807) is 0 Å². The minimum absolute atomic E-state index is 0. The van der Waals surface area contributed by atoms with Crippen molar-refractivity contribution in [1.82, 2.24) is 0 Å². The van der Waals surface area contributed by atoms with Crippen LogP contribution in [0.15, 0.2) is 0 Å². The van der Waals surface area contributed by atoms with Crippen LogP contribution >= 0.6 is 0 Å². The quantitative estimate of drug-likeness (QED) is 0.665. The van der Waals surface area contributed by atoms with Crippen molar-refractivity contribution in [1.29, 1.82) is 0 Å². The predicted molar refractivity (Wildman–Crippen MR) is 56.3 cm³/mol. The van der Waals surface area contributed by atoms with Crippen LogP contribution in [0, 0.1) is 0 Å². The van der Waals surface area contributed by atoms with Crippen LogP contribution in [0.25, 0.3) is 0 Å². The Balaban J connectivity index is -0.000000101. The first-order valence-electron chi connectivity index (χ1n) is 3.86. The summed E-state index contributed by atoms with van der Waals surface area (Å²) in [6.07, 6.45) is 6.42. The zero-order chi connectivity index (χ0) is 6.74. The van der Waals surface area contributed by atoms with E-state index >= 15 is 0 Å². The molecule has 0 aromatic rings. The van der Waals surface area contributed by atoms with E-state index in [1.807, 2.05) is 0 Å². The van der Waals surface area contributed by atoms with Gasteiger partial charge in [-0.2, -0.15) is 0 Å². The Morgan fingerprint density at radius 1 is 1.00 bits per heavy atom. The fourth-order valence-corrected chi connectivity index (χ4v) is 1.50. The van der Waals surface area contributed by atoms with Gasteiger partial charge in [-0.05, 0) is 18.3 Å². The van der Waals surface area contributed by atoms with Crippen molar-refractivity contribution in [2.24, 2.45) is 5.73 Å². The Morgan fingerprint density at radius 3 is 1.62 bits per heavy atom. The first-order valence-corrected chi connectivity index (χ1v) is 3.86. The zero-order valence-electron chi connectivity index (χ0n) is 7.41. The second kappa shape index (κ2) is 11.5. The van der Waals surface area contributed by atoms with Crippen molar-refractivity contribution in [3.8, 4) is 0 Å². The van der Waals surface area contributed by atoms with Gasteiger partial charge < -0.3 is 5.73 Å². The van der Waals surface area contributed by atoms with Crippen LogP contribution in [-0.4, -0.2) is 64.1 Å². The van der Waals surface area contributed by atoms with E-state index in [9.17, 15) is 0 Å². The number of halogens is 3. The molecule has 0 aliphatic heterocycles. The standard InChI is InChI=1S/C7H15BN.3FH.K.H/c1-8-7(9)5-3-2-4-6-7;;;;;/h2-6,9H2,1H3;3*1H;;. The van der Waals surface area contributed by atoms with Crippen molar-refractivity contribution >= 4 is 58.7 Å². The van der Waals surface area contributed by atoms with Gasteiger partial charge in [0.2, 0.25) is 0 Å². The van der Waals surface area contributed by atoms with Crippen LogP contribution < -0.4 is 5.73 Å². The van der Waals surface area contributed by atoms with Crippen LogP contribution in [0.4, 0.5) is 14.1 Å². The Hall–Kier alpha value is 1.45. The van der Waals surface area contributed by atoms with Crippen molar-refractivity contribution in [3.63, 3.8) is 0 Å². The average Bonchev–Trinajstić information content (AvgIpc) is 1.90. The van der Waals surface area contributed by atoms with E-state index in [4.69, 9.17) is 5.73 Å². The fraction of sp³-hybridized carbons (Fsp3) is 1.00. The van der Waals surface area contributed by atoms with Gasteiger partial charge in [0.1, 0.15) is 7.28 Å². The first kappa shape index (κ1) is 23.9. The predicted octanol–water partition coefficient (Wildman–Crippen LogP) is 1.17. The Bertz CT molecular complexity index is 102. The van der Waals surface area contributed by atoms with E-state index in [1.165, 1.54) is 32.1 Å². The molecule has 0 aromatic heterocycles. The first-order chi connectivity index (χ1) is 4.27. The Kier molecular flexibility index (Phi) is 21.2. The summed E-state index contributed by atoms with van der Waals surface area (Å²) >= 11 is 0. The maximum atomic E-state index is 6.00. The molecule has 0 spiro atoms. The minimum atomic E-state index is 0. The summed E-state index contributed by atoms with van der Waals surface area (Å²) in [6.45, 7) is 2.07. The molecule has 1 saturated carbocycles. The van der Waals surface area contributed by atoms with Crippen molar-refractivity contribution in [2.45, 2.75) is 44.4 Å². The monoisotopic (exact) mass is 224 g/mol. The SMILES string of the molecule is C[B]C1(N)CCCCC1.F.F.F.[KH]. The summed E-state index contributed by atoms with van der Waals surface area (Å²) in [5.41, 5.74) is 6.10. The van der Waals surface area contributed by atoms with Crippen molar-refractivity contribution in [2.75, 3.05) is 0 Å². The summed E-state index contributed by atoms with van der Waals surface area (Å²) in [5.74, 6) is 0. The molecule has 0 saturated heterocycles. The molecule has 0 unspecified atom stereocenters. The third-order valence-corrected chi connectivity index (χ3v) is 2.36. The summed E-state index contributed by atoms with van der Waals surface area (Å²) in [5, 5.41) is 0. The topological polar surface area (TPSA) is 26.0 Å². The van der Waals surface area contributed by atoms with Crippen molar-refractivity contribution < 1.29 is 14.1 Å². The van der Waals surface area contributed by atoms with Gasteiger partial charge in [-0.25, -0.2) is 0 Å². The number of hydrogen-bond acceptors (Lipinski definition) is 1. The molecular weight excluding hydrogens is 205 g/mol. The maximum absolute atomic E-state index is 6.00. The third kappa shape index (κ3) is 8.45. The molecule has 0 aromatic carbocycles. The Morgan fingerprint density at radius 2 is 1.38 bits per heavy atom. The molecule has 2 N–H and O–H groups in total. The number of nitrogens with two attached hydrogens (primary N) is 1. The van der Waals surface area contributed by atoms with Crippen LogP contribution in [0.2, 0.25) is 6.82 Å². The van der Waals surface area contributed by atoms with Gasteiger partial charge in [0.05, 0.1) is 0 Å². The fourth-order valence-electron chi connectivity index (χ4n) is 1.50. The van der Waals surface area contributed by atoms with Gasteiger partial charge in [-0.1, -0.05) is 26.1 Å².